The minimum atomic E-state index is 0.424. The van der Waals surface area contributed by atoms with E-state index in [1.807, 2.05) is 38.1 Å². The first-order chi connectivity index (χ1) is 9.54. The van der Waals surface area contributed by atoms with Crippen LogP contribution in [0.3, 0.4) is 0 Å². The van der Waals surface area contributed by atoms with Gasteiger partial charge in [-0.15, -0.1) is 0 Å². The molecule has 20 heavy (non-hydrogen) atoms. The van der Waals surface area contributed by atoms with Gasteiger partial charge in [-0.1, -0.05) is 43.5 Å². The Kier molecular flexibility index (Phi) is 5.66. The molecule has 0 aliphatic heterocycles. The maximum atomic E-state index is 6.02. The van der Waals surface area contributed by atoms with E-state index in [1.54, 1.807) is 19.3 Å². The first-order valence-electron chi connectivity index (χ1n) is 6.39. The standard InChI is InChI=1S/C17H21N3/c1-6-13-8-10-14(11-9-13)16(19-5)15(12(3)4)17(18)20-7-2/h6-11H,1,3,18H2,2,4-5H3/b17-15+,19-16-,20-7-. The van der Waals surface area contributed by atoms with E-state index in [9.17, 15) is 0 Å². The van der Waals surface area contributed by atoms with Crippen LogP contribution in [0.2, 0.25) is 0 Å². The summed E-state index contributed by atoms with van der Waals surface area (Å²) in [7, 11) is 1.74. The van der Waals surface area contributed by atoms with Gasteiger partial charge in [0.15, 0.2) is 0 Å². The van der Waals surface area contributed by atoms with Crippen LogP contribution in [0.1, 0.15) is 25.0 Å². The van der Waals surface area contributed by atoms with E-state index in [-0.39, 0.29) is 0 Å². The first-order valence-corrected chi connectivity index (χ1v) is 6.39. The second-order valence-corrected chi connectivity index (χ2v) is 4.33. The number of hydrogen-bond acceptors (Lipinski definition) is 3. The summed E-state index contributed by atoms with van der Waals surface area (Å²) >= 11 is 0. The van der Waals surface area contributed by atoms with Crippen LogP contribution in [0.15, 0.2) is 64.4 Å². The summed E-state index contributed by atoms with van der Waals surface area (Å²) in [5.41, 5.74) is 10.5. The van der Waals surface area contributed by atoms with Crippen molar-refractivity contribution in [2.24, 2.45) is 15.7 Å². The zero-order valence-corrected chi connectivity index (χ0v) is 12.4. The number of rotatable bonds is 5. The Labute approximate surface area is 121 Å². The van der Waals surface area contributed by atoms with Gasteiger partial charge in [-0.05, 0) is 25.0 Å². The van der Waals surface area contributed by atoms with Gasteiger partial charge >= 0.3 is 0 Å². The molecule has 0 saturated carbocycles. The molecule has 2 N–H and O–H groups in total. The van der Waals surface area contributed by atoms with Crippen molar-refractivity contribution in [2.75, 3.05) is 7.05 Å². The van der Waals surface area contributed by atoms with Gasteiger partial charge in [-0.3, -0.25) is 4.99 Å². The van der Waals surface area contributed by atoms with Crippen LogP contribution in [-0.4, -0.2) is 19.0 Å². The molecule has 0 bridgehead atoms. The lowest BCUT2D eigenvalue weighted by Crippen LogP contribution is -2.12. The minimum Gasteiger partial charge on any atom is -0.383 e. The lowest BCUT2D eigenvalue weighted by molar-refractivity contribution is 1.20. The summed E-state index contributed by atoms with van der Waals surface area (Å²) in [6, 6.07) is 7.96. The predicted octanol–water partition coefficient (Wildman–Crippen LogP) is 3.59. The summed E-state index contributed by atoms with van der Waals surface area (Å²) < 4.78 is 0. The van der Waals surface area contributed by atoms with Crippen molar-refractivity contribution in [2.45, 2.75) is 13.8 Å². The Morgan fingerprint density at radius 2 is 1.85 bits per heavy atom. The molecule has 0 saturated heterocycles. The zero-order chi connectivity index (χ0) is 15.1. The lowest BCUT2D eigenvalue weighted by Gasteiger charge is -2.13. The monoisotopic (exact) mass is 267 g/mol. The molecule has 104 valence electrons. The van der Waals surface area contributed by atoms with Gasteiger partial charge in [0.2, 0.25) is 0 Å². The number of allylic oxidation sites excluding steroid dienone is 2. The molecule has 1 aromatic carbocycles. The van der Waals surface area contributed by atoms with Crippen LogP contribution in [0.25, 0.3) is 6.08 Å². The van der Waals surface area contributed by atoms with Crippen LogP contribution in [0.4, 0.5) is 0 Å². The maximum Gasteiger partial charge on any atom is 0.132 e. The van der Waals surface area contributed by atoms with Crippen molar-refractivity contribution >= 4 is 18.0 Å². The average Bonchev–Trinajstić information content (AvgIpc) is 2.44. The number of aliphatic imine (C=N–C) groups is 2. The molecule has 3 nitrogen and oxygen atoms in total. The largest absolute Gasteiger partial charge is 0.383 e. The van der Waals surface area contributed by atoms with E-state index >= 15 is 0 Å². The number of nitrogens with two attached hydrogens (primary N) is 1. The molecule has 0 aromatic heterocycles. The Morgan fingerprint density at radius 1 is 1.25 bits per heavy atom. The SMILES string of the molecule is C=Cc1ccc(C(=N/C)/C(C(=C)C)=C(N)/N=C\C)cc1. The molecule has 0 spiro atoms. The van der Waals surface area contributed by atoms with Gasteiger partial charge in [0.1, 0.15) is 5.82 Å². The molecule has 0 aliphatic rings. The topological polar surface area (TPSA) is 50.7 Å². The van der Waals surface area contributed by atoms with E-state index in [0.29, 0.717) is 5.82 Å². The van der Waals surface area contributed by atoms with Crippen molar-refractivity contribution in [1.29, 1.82) is 0 Å². The third kappa shape index (κ3) is 3.54. The van der Waals surface area contributed by atoms with Crippen LogP contribution in [-0.2, 0) is 0 Å². The van der Waals surface area contributed by atoms with Crippen molar-refractivity contribution in [3.63, 3.8) is 0 Å². The maximum absolute atomic E-state index is 6.02. The quantitative estimate of drug-likeness (QED) is 0.643. The van der Waals surface area contributed by atoms with E-state index < -0.39 is 0 Å². The molecule has 1 rings (SSSR count). The van der Waals surface area contributed by atoms with Gasteiger partial charge < -0.3 is 5.73 Å². The second-order valence-electron chi connectivity index (χ2n) is 4.33. The smallest absolute Gasteiger partial charge is 0.132 e. The van der Waals surface area contributed by atoms with E-state index in [0.717, 1.165) is 28.0 Å². The molecule has 0 radical (unpaired) electrons. The first kappa shape index (κ1) is 15.6. The number of hydrogen-bond donors (Lipinski definition) is 1. The van der Waals surface area contributed by atoms with Gasteiger partial charge in [-0.2, -0.15) is 0 Å². The Morgan fingerprint density at radius 3 is 2.25 bits per heavy atom. The number of benzene rings is 1. The van der Waals surface area contributed by atoms with E-state index in [4.69, 9.17) is 5.73 Å². The zero-order valence-electron chi connectivity index (χ0n) is 12.4. The third-order valence-corrected chi connectivity index (χ3v) is 2.83. The molecular weight excluding hydrogens is 246 g/mol. The normalized spacial score (nSPS) is 13.2. The fourth-order valence-corrected chi connectivity index (χ4v) is 1.91. The fourth-order valence-electron chi connectivity index (χ4n) is 1.91. The average molecular weight is 267 g/mol. The summed E-state index contributed by atoms with van der Waals surface area (Å²) in [6.45, 7) is 11.5. The molecular formula is C17H21N3. The fraction of sp³-hybridized carbons (Fsp3) is 0.176. The highest BCUT2D eigenvalue weighted by atomic mass is 14.9. The highest BCUT2D eigenvalue weighted by Gasteiger charge is 2.14. The minimum absolute atomic E-state index is 0.424. The molecule has 0 heterocycles. The third-order valence-electron chi connectivity index (χ3n) is 2.83. The highest BCUT2D eigenvalue weighted by Crippen LogP contribution is 2.19. The van der Waals surface area contributed by atoms with Crippen molar-refractivity contribution in [3.8, 4) is 0 Å². The summed E-state index contributed by atoms with van der Waals surface area (Å²) in [6.07, 6.45) is 3.46. The molecule has 0 aliphatic carbocycles. The van der Waals surface area contributed by atoms with Crippen LogP contribution in [0, 0.1) is 0 Å². The molecule has 0 unspecified atom stereocenters. The molecule has 3 heteroatoms. The Bertz CT molecular complexity index is 587. The van der Waals surface area contributed by atoms with Crippen LogP contribution >= 0.6 is 0 Å². The van der Waals surface area contributed by atoms with Crippen LogP contribution in [0.5, 0.6) is 0 Å². The van der Waals surface area contributed by atoms with Crippen molar-refractivity contribution in [3.05, 3.63) is 65.5 Å². The summed E-state index contributed by atoms with van der Waals surface area (Å²) in [4.78, 5) is 8.51. The summed E-state index contributed by atoms with van der Waals surface area (Å²) in [5.74, 6) is 0.424. The van der Waals surface area contributed by atoms with Crippen molar-refractivity contribution < 1.29 is 0 Å². The summed E-state index contributed by atoms with van der Waals surface area (Å²) in [5, 5.41) is 0. The molecule has 1 aromatic rings. The van der Waals surface area contributed by atoms with E-state index in [1.165, 1.54) is 0 Å². The molecule has 0 fully saturated rings. The highest BCUT2D eigenvalue weighted by molar-refractivity contribution is 6.15. The predicted molar refractivity (Wildman–Crippen MR) is 89.2 cm³/mol. The Balaban J connectivity index is 3.38. The van der Waals surface area contributed by atoms with Gasteiger partial charge in [0.25, 0.3) is 0 Å². The Hall–Kier alpha value is -2.42. The van der Waals surface area contributed by atoms with E-state index in [2.05, 4.69) is 23.1 Å². The van der Waals surface area contributed by atoms with Gasteiger partial charge in [-0.25, -0.2) is 4.99 Å². The number of nitrogens with zero attached hydrogens (tertiary/aromatic N) is 2. The second kappa shape index (κ2) is 7.24. The van der Waals surface area contributed by atoms with Gasteiger partial charge in [0, 0.05) is 24.4 Å². The molecule has 0 amide bonds. The lowest BCUT2D eigenvalue weighted by atomic mass is 9.96. The molecule has 0 atom stereocenters. The van der Waals surface area contributed by atoms with Crippen molar-refractivity contribution in [1.82, 2.24) is 0 Å². The van der Waals surface area contributed by atoms with Crippen LogP contribution < -0.4 is 5.73 Å². The van der Waals surface area contributed by atoms with Gasteiger partial charge in [0.05, 0.1) is 5.71 Å².